The van der Waals surface area contributed by atoms with Gasteiger partial charge in [-0.15, -0.1) is 0 Å². The fourth-order valence-electron chi connectivity index (χ4n) is 2.49. The number of non-ortho nitro benzene ring substituents is 1. The second-order valence-corrected chi connectivity index (χ2v) is 5.99. The van der Waals surface area contributed by atoms with Crippen molar-refractivity contribution in [1.29, 1.82) is 0 Å². The smallest absolute Gasteiger partial charge is 0.271 e. The van der Waals surface area contributed by atoms with Crippen LogP contribution in [-0.4, -0.2) is 32.5 Å². The van der Waals surface area contributed by atoms with Crippen molar-refractivity contribution in [3.8, 4) is 0 Å². The molecule has 0 saturated heterocycles. The van der Waals surface area contributed by atoms with Crippen molar-refractivity contribution in [1.82, 2.24) is 9.78 Å². The van der Waals surface area contributed by atoms with Gasteiger partial charge in [-0.25, -0.2) is 0 Å². The molecule has 0 radical (unpaired) electrons. The average molecular weight is 362 g/mol. The molecule has 3 rings (SSSR count). The Bertz CT molecular complexity index is 896. The van der Waals surface area contributed by atoms with Crippen molar-refractivity contribution in [2.75, 3.05) is 6.61 Å². The van der Waals surface area contributed by atoms with Crippen LogP contribution in [-0.2, 0) is 17.9 Å². The van der Waals surface area contributed by atoms with Crippen molar-refractivity contribution >= 4 is 28.2 Å². The van der Waals surface area contributed by atoms with Gasteiger partial charge < -0.3 is 9.84 Å². The molecule has 0 saturated carbocycles. The number of halogens is 1. The SMILES string of the molecule is O=[N+]([O-])c1ccc2cnn(CC(O)COCc3ccccc3Cl)c2c1. The highest BCUT2D eigenvalue weighted by molar-refractivity contribution is 6.31. The topological polar surface area (TPSA) is 90.4 Å². The number of rotatable bonds is 7. The first-order valence-corrected chi connectivity index (χ1v) is 8.01. The molecule has 25 heavy (non-hydrogen) atoms. The molecule has 3 aromatic rings. The van der Waals surface area contributed by atoms with Crippen molar-refractivity contribution in [3.63, 3.8) is 0 Å². The third kappa shape index (κ3) is 4.14. The van der Waals surface area contributed by atoms with Crippen LogP contribution in [0.25, 0.3) is 10.9 Å². The second-order valence-electron chi connectivity index (χ2n) is 5.59. The Kier molecular flexibility index (Phi) is 5.28. The predicted molar refractivity (Wildman–Crippen MR) is 93.5 cm³/mol. The van der Waals surface area contributed by atoms with E-state index in [1.807, 2.05) is 18.2 Å². The van der Waals surface area contributed by atoms with Crippen LogP contribution in [0.5, 0.6) is 0 Å². The molecular weight excluding hydrogens is 346 g/mol. The molecule has 0 aliphatic carbocycles. The highest BCUT2D eigenvalue weighted by Crippen LogP contribution is 2.21. The number of aromatic nitrogens is 2. The number of benzene rings is 2. The first-order valence-electron chi connectivity index (χ1n) is 7.64. The Morgan fingerprint density at radius 1 is 1.32 bits per heavy atom. The van der Waals surface area contributed by atoms with E-state index in [1.54, 1.807) is 18.3 Å². The van der Waals surface area contributed by atoms with Gasteiger partial charge in [-0.3, -0.25) is 14.8 Å². The minimum Gasteiger partial charge on any atom is -0.389 e. The lowest BCUT2D eigenvalue weighted by Gasteiger charge is -2.12. The van der Waals surface area contributed by atoms with Crippen molar-refractivity contribution in [2.45, 2.75) is 19.3 Å². The van der Waals surface area contributed by atoms with E-state index in [4.69, 9.17) is 16.3 Å². The summed E-state index contributed by atoms with van der Waals surface area (Å²) in [7, 11) is 0. The molecular formula is C17H16ClN3O4. The molecule has 1 aromatic heterocycles. The van der Waals surface area contributed by atoms with Crippen molar-refractivity contribution in [2.24, 2.45) is 0 Å². The van der Waals surface area contributed by atoms with Crippen LogP contribution in [0.3, 0.4) is 0 Å². The molecule has 0 fully saturated rings. The molecule has 1 heterocycles. The zero-order chi connectivity index (χ0) is 17.8. The number of aliphatic hydroxyl groups is 1. The van der Waals surface area contributed by atoms with Gasteiger partial charge >= 0.3 is 0 Å². The van der Waals surface area contributed by atoms with Crippen molar-refractivity contribution < 1.29 is 14.8 Å². The van der Waals surface area contributed by atoms with E-state index in [0.717, 1.165) is 10.9 Å². The van der Waals surface area contributed by atoms with Crippen LogP contribution >= 0.6 is 11.6 Å². The first kappa shape index (κ1) is 17.3. The Morgan fingerprint density at radius 3 is 2.88 bits per heavy atom. The van der Waals surface area contributed by atoms with Crippen LogP contribution in [0.2, 0.25) is 5.02 Å². The molecule has 0 spiro atoms. The number of nitro groups is 1. The van der Waals surface area contributed by atoms with Crippen LogP contribution in [0, 0.1) is 10.1 Å². The summed E-state index contributed by atoms with van der Waals surface area (Å²) in [5.74, 6) is 0. The van der Waals surface area contributed by atoms with Gasteiger partial charge in [-0.1, -0.05) is 29.8 Å². The van der Waals surface area contributed by atoms with Gasteiger partial charge in [0.05, 0.1) is 42.5 Å². The van der Waals surface area contributed by atoms with Gasteiger partial charge in [0, 0.05) is 22.5 Å². The zero-order valence-corrected chi connectivity index (χ0v) is 14.0. The molecule has 7 nitrogen and oxygen atoms in total. The molecule has 2 aromatic carbocycles. The summed E-state index contributed by atoms with van der Waals surface area (Å²) in [6, 6.07) is 11.8. The monoisotopic (exact) mass is 361 g/mol. The Morgan fingerprint density at radius 2 is 2.12 bits per heavy atom. The number of aliphatic hydroxyl groups excluding tert-OH is 1. The average Bonchev–Trinajstić information content (AvgIpc) is 2.98. The maximum Gasteiger partial charge on any atom is 0.271 e. The Balaban J connectivity index is 1.62. The molecule has 1 unspecified atom stereocenters. The summed E-state index contributed by atoms with van der Waals surface area (Å²) in [6.45, 7) is 0.566. The standard InChI is InChI=1S/C17H16ClN3O4/c18-16-4-2-1-3-13(16)10-25-11-15(22)9-20-17-7-14(21(23)24)6-5-12(17)8-19-20/h1-8,15,22H,9-11H2. The minimum absolute atomic E-state index is 0.0151. The molecule has 0 amide bonds. The lowest BCUT2D eigenvalue weighted by Crippen LogP contribution is -2.22. The lowest BCUT2D eigenvalue weighted by atomic mass is 10.2. The van der Waals surface area contributed by atoms with E-state index in [2.05, 4.69) is 5.10 Å². The predicted octanol–water partition coefficient (Wildman–Crippen LogP) is 3.18. The van der Waals surface area contributed by atoms with E-state index < -0.39 is 11.0 Å². The summed E-state index contributed by atoms with van der Waals surface area (Å²) in [6.07, 6.45) is 0.806. The van der Waals surface area contributed by atoms with E-state index in [-0.39, 0.29) is 18.8 Å². The second kappa shape index (κ2) is 7.60. The fraction of sp³-hybridized carbons (Fsp3) is 0.235. The van der Waals surface area contributed by atoms with E-state index in [9.17, 15) is 15.2 Å². The summed E-state index contributed by atoms with van der Waals surface area (Å²) < 4.78 is 7.03. The lowest BCUT2D eigenvalue weighted by molar-refractivity contribution is -0.384. The molecule has 0 aliphatic heterocycles. The van der Waals surface area contributed by atoms with Gasteiger partial charge in [0.25, 0.3) is 5.69 Å². The van der Waals surface area contributed by atoms with Gasteiger partial charge in [-0.2, -0.15) is 5.10 Å². The third-order valence-electron chi connectivity index (χ3n) is 3.75. The molecule has 1 atom stereocenters. The quantitative estimate of drug-likeness (QED) is 0.515. The highest BCUT2D eigenvalue weighted by Gasteiger charge is 2.13. The third-order valence-corrected chi connectivity index (χ3v) is 4.12. The van der Waals surface area contributed by atoms with Gasteiger partial charge in [0.2, 0.25) is 0 Å². The normalized spacial score (nSPS) is 12.4. The number of hydrogen-bond donors (Lipinski definition) is 1. The maximum atomic E-state index is 10.9. The zero-order valence-electron chi connectivity index (χ0n) is 13.2. The molecule has 0 aliphatic rings. The Labute approximate surface area is 148 Å². The maximum absolute atomic E-state index is 10.9. The summed E-state index contributed by atoms with van der Waals surface area (Å²) in [4.78, 5) is 10.4. The van der Waals surface area contributed by atoms with Crippen LogP contribution < -0.4 is 0 Å². The number of hydrogen-bond acceptors (Lipinski definition) is 5. The van der Waals surface area contributed by atoms with Gasteiger partial charge in [0.15, 0.2) is 0 Å². The summed E-state index contributed by atoms with van der Waals surface area (Å²) in [5, 5.41) is 26.6. The van der Waals surface area contributed by atoms with E-state index in [1.165, 1.54) is 16.8 Å². The molecule has 8 heteroatoms. The van der Waals surface area contributed by atoms with Gasteiger partial charge in [0.1, 0.15) is 0 Å². The minimum atomic E-state index is -0.801. The number of nitro benzene ring substituents is 1. The van der Waals surface area contributed by atoms with Crippen LogP contribution in [0.4, 0.5) is 5.69 Å². The molecule has 130 valence electrons. The van der Waals surface area contributed by atoms with Crippen LogP contribution in [0.15, 0.2) is 48.7 Å². The Hall–Kier alpha value is -2.48. The van der Waals surface area contributed by atoms with Crippen molar-refractivity contribution in [3.05, 3.63) is 69.4 Å². The largest absolute Gasteiger partial charge is 0.389 e. The van der Waals surface area contributed by atoms with Gasteiger partial charge in [-0.05, 0) is 17.7 Å². The number of nitrogens with zero attached hydrogens (tertiary/aromatic N) is 3. The summed E-state index contributed by atoms with van der Waals surface area (Å²) >= 11 is 6.05. The molecule has 0 bridgehead atoms. The van der Waals surface area contributed by atoms with E-state index >= 15 is 0 Å². The number of ether oxygens (including phenoxy) is 1. The fourth-order valence-corrected chi connectivity index (χ4v) is 2.68. The first-order chi connectivity index (χ1) is 12.0. The van der Waals surface area contributed by atoms with E-state index in [0.29, 0.717) is 17.1 Å². The summed E-state index contributed by atoms with van der Waals surface area (Å²) in [5.41, 5.74) is 1.43. The number of fused-ring (bicyclic) bond motifs is 1. The van der Waals surface area contributed by atoms with Crippen LogP contribution in [0.1, 0.15) is 5.56 Å². The molecule has 1 N–H and O–H groups in total. The highest BCUT2D eigenvalue weighted by atomic mass is 35.5.